The van der Waals surface area contributed by atoms with Crippen molar-refractivity contribution in [1.29, 1.82) is 0 Å². The summed E-state index contributed by atoms with van der Waals surface area (Å²) in [6.45, 7) is 5.78. The Balaban J connectivity index is 1.59. The molecule has 150 valence electrons. The van der Waals surface area contributed by atoms with E-state index in [1.807, 2.05) is 30.0 Å². The van der Waals surface area contributed by atoms with Crippen LogP contribution in [0.2, 0.25) is 0 Å². The summed E-state index contributed by atoms with van der Waals surface area (Å²) in [5.41, 5.74) is 1.05. The minimum atomic E-state index is -0.168. The first-order valence-electron chi connectivity index (χ1n) is 10.5. The summed E-state index contributed by atoms with van der Waals surface area (Å²) in [6, 6.07) is 10.2. The largest absolute Gasteiger partial charge is 0.342 e. The third-order valence-electron chi connectivity index (χ3n) is 5.57. The fraction of sp³-hybridized carbons (Fsp3) is 0.571. The maximum Gasteiger partial charge on any atom is 0.235 e. The van der Waals surface area contributed by atoms with Crippen LogP contribution in [-0.2, 0) is 4.79 Å². The molecular formula is C21H29N5OS. The highest BCUT2D eigenvalue weighted by Crippen LogP contribution is 2.31. The third-order valence-corrected chi connectivity index (χ3v) is 6.60. The van der Waals surface area contributed by atoms with Crippen LogP contribution in [0, 0.1) is 0 Å². The van der Waals surface area contributed by atoms with Crippen molar-refractivity contribution in [3.05, 3.63) is 30.3 Å². The van der Waals surface area contributed by atoms with Gasteiger partial charge in [-0.15, -0.1) is 10.2 Å². The number of amides is 1. The number of nitrogens with zero attached hydrogens (tertiary/aromatic N) is 5. The number of carbonyl (C=O) groups excluding carboxylic acids is 1. The number of likely N-dealkylation sites (tertiary alicyclic amines) is 1. The summed E-state index contributed by atoms with van der Waals surface area (Å²) < 4.78 is 2.12. The minimum Gasteiger partial charge on any atom is -0.342 e. The number of para-hydroxylation sites is 1. The van der Waals surface area contributed by atoms with Gasteiger partial charge in [-0.2, -0.15) is 0 Å². The van der Waals surface area contributed by atoms with E-state index in [0.29, 0.717) is 0 Å². The number of thioether (sulfide) groups is 1. The van der Waals surface area contributed by atoms with Crippen LogP contribution in [0.25, 0.3) is 5.69 Å². The first-order chi connectivity index (χ1) is 13.7. The summed E-state index contributed by atoms with van der Waals surface area (Å²) in [5.74, 6) is 1.11. The van der Waals surface area contributed by atoms with Crippen molar-refractivity contribution < 1.29 is 4.79 Å². The topological polar surface area (TPSA) is 54.3 Å². The molecule has 4 rings (SSSR count). The van der Waals surface area contributed by atoms with Gasteiger partial charge in [0, 0.05) is 26.2 Å². The molecule has 1 aromatic carbocycles. The predicted octanol–water partition coefficient (Wildman–Crippen LogP) is 3.75. The fourth-order valence-corrected chi connectivity index (χ4v) is 4.97. The molecule has 1 amide bonds. The van der Waals surface area contributed by atoms with Gasteiger partial charge in [-0.1, -0.05) is 30.0 Å². The smallest absolute Gasteiger partial charge is 0.235 e. The van der Waals surface area contributed by atoms with Crippen molar-refractivity contribution in [3.8, 4) is 5.69 Å². The second-order valence-electron chi connectivity index (χ2n) is 7.65. The van der Waals surface area contributed by atoms with E-state index < -0.39 is 0 Å². The molecule has 0 bridgehead atoms. The van der Waals surface area contributed by atoms with E-state index >= 15 is 0 Å². The van der Waals surface area contributed by atoms with Crippen molar-refractivity contribution in [2.45, 2.75) is 55.9 Å². The predicted molar refractivity (Wildman–Crippen MR) is 113 cm³/mol. The summed E-state index contributed by atoms with van der Waals surface area (Å²) in [6.07, 6.45) is 7.11. The number of rotatable bonds is 5. The van der Waals surface area contributed by atoms with E-state index in [1.54, 1.807) is 0 Å². The highest BCUT2D eigenvalue weighted by molar-refractivity contribution is 8.00. The number of benzene rings is 1. The van der Waals surface area contributed by atoms with E-state index in [4.69, 9.17) is 0 Å². The maximum atomic E-state index is 12.9. The molecule has 0 N–H and O–H groups in total. The number of hydrogen-bond donors (Lipinski definition) is 0. The van der Waals surface area contributed by atoms with Gasteiger partial charge in [0.1, 0.15) is 0 Å². The van der Waals surface area contributed by atoms with Gasteiger partial charge in [-0.05, 0) is 57.6 Å². The van der Waals surface area contributed by atoms with Gasteiger partial charge in [0.2, 0.25) is 11.9 Å². The van der Waals surface area contributed by atoms with Gasteiger partial charge in [0.15, 0.2) is 5.16 Å². The molecule has 0 spiro atoms. The molecule has 1 atom stereocenters. The zero-order valence-electron chi connectivity index (χ0n) is 16.6. The molecule has 0 radical (unpaired) electrons. The molecule has 6 nitrogen and oxygen atoms in total. The van der Waals surface area contributed by atoms with Crippen LogP contribution >= 0.6 is 11.8 Å². The zero-order valence-corrected chi connectivity index (χ0v) is 17.4. The van der Waals surface area contributed by atoms with Crippen molar-refractivity contribution in [2.75, 3.05) is 31.1 Å². The van der Waals surface area contributed by atoms with Gasteiger partial charge >= 0.3 is 0 Å². The lowest BCUT2D eigenvalue weighted by molar-refractivity contribution is -0.131. The standard InChI is InChI=1S/C21H29N5OS/c1-17(19(27)24-13-7-3-8-14-24)28-21-23-22-20(25-15-9-4-10-16-25)26(21)18-11-5-2-6-12-18/h2,5-6,11-12,17H,3-4,7-10,13-16H2,1H3. The van der Waals surface area contributed by atoms with Crippen molar-refractivity contribution in [2.24, 2.45) is 0 Å². The van der Waals surface area contributed by atoms with Crippen molar-refractivity contribution in [3.63, 3.8) is 0 Å². The average Bonchev–Trinajstić information content (AvgIpc) is 3.18. The van der Waals surface area contributed by atoms with Gasteiger partial charge in [-0.25, -0.2) is 0 Å². The van der Waals surface area contributed by atoms with Gasteiger partial charge in [-0.3, -0.25) is 9.36 Å². The third kappa shape index (κ3) is 4.19. The monoisotopic (exact) mass is 399 g/mol. The van der Waals surface area contributed by atoms with Gasteiger partial charge < -0.3 is 9.80 Å². The van der Waals surface area contributed by atoms with Crippen LogP contribution in [0.5, 0.6) is 0 Å². The second kappa shape index (κ2) is 8.99. The molecule has 1 unspecified atom stereocenters. The van der Waals surface area contributed by atoms with E-state index in [2.05, 4.69) is 31.8 Å². The number of carbonyl (C=O) groups is 1. The highest BCUT2D eigenvalue weighted by Gasteiger charge is 2.27. The number of piperidine rings is 2. The Kier molecular flexibility index (Phi) is 6.20. The van der Waals surface area contributed by atoms with Crippen LogP contribution in [0.3, 0.4) is 0 Å². The Morgan fingerprint density at radius 1 is 0.929 bits per heavy atom. The number of anilines is 1. The molecule has 28 heavy (non-hydrogen) atoms. The van der Waals surface area contributed by atoms with Crippen LogP contribution in [0.4, 0.5) is 5.95 Å². The normalized spacial score (nSPS) is 18.9. The minimum absolute atomic E-state index is 0.168. The summed E-state index contributed by atoms with van der Waals surface area (Å²) >= 11 is 1.52. The molecule has 2 saturated heterocycles. The Hall–Kier alpha value is -2.02. The number of hydrogen-bond acceptors (Lipinski definition) is 5. The van der Waals surface area contributed by atoms with Crippen LogP contribution in [0.1, 0.15) is 45.4 Å². The first kappa shape index (κ1) is 19.3. The molecule has 2 aliphatic heterocycles. The maximum absolute atomic E-state index is 12.9. The Bertz CT molecular complexity index is 781. The first-order valence-corrected chi connectivity index (χ1v) is 11.3. The van der Waals surface area contributed by atoms with Gasteiger partial charge in [0.25, 0.3) is 0 Å². The summed E-state index contributed by atoms with van der Waals surface area (Å²) in [7, 11) is 0. The Morgan fingerprint density at radius 2 is 1.57 bits per heavy atom. The SMILES string of the molecule is CC(Sc1nnc(N2CCCCC2)n1-c1ccccc1)C(=O)N1CCCCC1. The second-order valence-corrected chi connectivity index (χ2v) is 8.96. The molecule has 2 aliphatic rings. The number of aromatic nitrogens is 3. The van der Waals surface area contributed by atoms with E-state index in [-0.39, 0.29) is 11.2 Å². The Labute approximate surface area is 171 Å². The molecular weight excluding hydrogens is 370 g/mol. The Morgan fingerprint density at radius 3 is 2.25 bits per heavy atom. The molecule has 1 aromatic heterocycles. The van der Waals surface area contributed by atoms with Crippen LogP contribution in [-0.4, -0.2) is 57.0 Å². The molecule has 2 fully saturated rings. The van der Waals surface area contributed by atoms with Crippen molar-refractivity contribution in [1.82, 2.24) is 19.7 Å². The van der Waals surface area contributed by atoms with E-state index in [1.165, 1.54) is 37.4 Å². The lowest BCUT2D eigenvalue weighted by Gasteiger charge is -2.29. The highest BCUT2D eigenvalue weighted by atomic mass is 32.2. The summed E-state index contributed by atoms with van der Waals surface area (Å²) in [5, 5.41) is 9.66. The lowest BCUT2D eigenvalue weighted by atomic mass is 10.1. The fourth-order valence-electron chi connectivity index (χ4n) is 4.02. The van der Waals surface area contributed by atoms with Gasteiger partial charge in [0.05, 0.1) is 10.9 Å². The van der Waals surface area contributed by atoms with Crippen LogP contribution < -0.4 is 4.90 Å². The van der Waals surface area contributed by atoms with Crippen molar-refractivity contribution >= 4 is 23.6 Å². The molecule has 0 saturated carbocycles. The molecule has 0 aliphatic carbocycles. The zero-order chi connectivity index (χ0) is 19.3. The summed E-state index contributed by atoms with van der Waals surface area (Å²) in [4.78, 5) is 17.2. The molecule has 3 heterocycles. The lowest BCUT2D eigenvalue weighted by Crippen LogP contribution is -2.40. The van der Waals surface area contributed by atoms with E-state index in [9.17, 15) is 4.79 Å². The van der Waals surface area contributed by atoms with E-state index in [0.717, 1.165) is 55.8 Å². The molecule has 2 aromatic rings. The quantitative estimate of drug-likeness (QED) is 0.717. The molecule has 7 heteroatoms. The average molecular weight is 400 g/mol. The van der Waals surface area contributed by atoms with Crippen LogP contribution in [0.15, 0.2) is 35.5 Å².